The summed E-state index contributed by atoms with van der Waals surface area (Å²) in [5.41, 5.74) is 0. The predicted molar refractivity (Wildman–Crippen MR) is 180 cm³/mol. The Kier molecular flexibility index (Phi) is 21.0. The minimum absolute atomic E-state index is 0.143. The van der Waals surface area contributed by atoms with Gasteiger partial charge in [0.25, 0.3) is 0 Å². The maximum Gasteiger partial charge on any atom is 0.316 e. The van der Waals surface area contributed by atoms with Crippen molar-refractivity contribution in [3.8, 4) is 6.01 Å². The Hall–Kier alpha value is -2.56. The first-order chi connectivity index (χ1) is 22.7. The molecule has 46 heavy (non-hydrogen) atoms. The van der Waals surface area contributed by atoms with E-state index >= 15 is 0 Å². The molecule has 1 saturated carbocycles. The van der Waals surface area contributed by atoms with Gasteiger partial charge < -0.3 is 29.0 Å². The zero-order chi connectivity index (χ0) is 32.3. The van der Waals surface area contributed by atoms with Gasteiger partial charge in [-0.3, -0.25) is 4.79 Å². The summed E-state index contributed by atoms with van der Waals surface area (Å²) in [4.78, 5) is 21.1. The minimum atomic E-state index is -0.781. The number of aliphatic carboxylic acids is 1. The lowest BCUT2D eigenvalue weighted by Crippen LogP contribution is -2.30. The maximum atomic E-state index is 10.7. The average molecular weight is 646 g/mol. The van der Waals surface area contributed by atoms with Crippen LogP contribution in [0.25, 0.3) is 0 Å². The second-order valence-corrected chi connectivity index (χ2v) is 12.7. The summed E-state index contributed by atoms with van der Waals surface area (Å²) in [6.07, 6.45) is 31.8. The Bertz CT molecular complexity index is 957. The van der Waals surface area contributed by atoms with Gasteiger partial charge >= 0.3 is 12.0 Å². The molecule has 1 aromatic rings. The summed E-state index contributed by atoms with van der Waals surface area (Å²) in [6, 6.07) is 2.09. The number of hydrogen-bond donors (Lipinski definition) is 1. The monoisotopic (exact) mass is 645 g/mol. The molecule has 0 radical (unpaired) electrons. The third-order valence-electron chi connectivity index (χ3n) is 8.73. The molecule has 1 N–H and O–H groups in total. The van der Waals surface area contributed by atoms with Crippen molar-refractivity contribution in [1.82, 2.24) is 14.9 Å². The van der Waals surface area contributed by atoms with Crippen molar-refractivity contribution in [2.75, 3.05) is 52.9 Å². The molecule has 10 nitrogen and oxygen atoms in total. The molecule has 0 aromatic carbocycles. The second-order valence-electron chi connectivity index (χ2n) is 12.7. The van der Waals surface area contributed by atoms with E-state index in [1.54, 1.807) is 18.5 Å². The van der Waals surface area contributed by atoms with E-state index in [9.17, 15) is 4.79 Å². The molecule has 1 fully saturated rings. The van der Waals surface area contributed by atoms with E-state index in [4.69, 9.17) is 24.1 Å². The van der Waals surface area contributed by atoms with Crippen LogP contribution in [0.2, 0.25) is 0 Å². The highest BCUT2D eigenvalue weighted by molar-refractivity contribution is 5.70. The number of carboxylic acid groups (broad SMARTS) is 1. The lowest BCUT2D eigenvalue weighted by molar-refractivity contribution is -0.460. The van der Waals surface area contributed by atoms with Crippen molar-refractivity contribution in [3.63, 3.8) is 0 Å². The van der Waals surface area contributed by atoms with Crippen LogP contribution in [0.3, 0.4) is 0 Å². The van der Waals surface area contributed by atoms with E-state index in [0.717, 1.165) is 25.5 Å². The van der Waals surface area contributed by atoms with Crippen molar-refractivity contribution in [3.05, 3.63) is 30.9 Å². The van der Waals surface area contributed by atoms with Crippen LogP contribution in [-0.2, 0) is 19.0 Å². The first kappa shape index (κ1) is 37.9. The number of unbranched alkanes of at least 4 members (excludes halogenated alkanes) is 9. The van der Waals surface area contributed by atoms with Crippen molar-refractivity contribution in [1.29, 1.82) is 0 Å². The molecule has 260 valence electrons. The van der Waals surface area contributed by atoms with Gasteiger partial charge in [0, 0.05) is 32.0 Å². The van der Waals surface area contributed by atoms with Crippen LogP contribution < -0.4 is 4.74 Å². The molecular weight excluding hydrogens is 584 g/mol. The zero-order valence-corrected chi connectivity index (χ0v) is 28.3. The van der Waals surface area contributed by atoms with Gasteiger partial charge in [0.1, 0.15) is 12.3 Å². The minimum Gasteiger partial charge on any atom is -0.481 e. The molecule has 10 heteroatoms. The van der Waals surface area contributed by atoms with Crippen LogP contribution in [0.5, 0.6) is 6.01 Å². The fourth-order valence-electron chi connectivity index (χ4n) is 6.07. The Labute approximate surface area is 277 Å². The smallest absolute Gasteiger partial charge is 0.316 e. The highest BCUT2D eigenvalue weighted by Gasteiger charge is 2.16. The zero-order valence-electron chi connectivity index (χ0n) is 28.3. The number of hydrogen-bond acceptors (Lipinski definition) is 8. The summed E-state index contributed by atoms with van der Waals surface area (Å²) < 4.78 is 25.5. The summed E-state index contributed by atoms with van der Waals surface area (Å²) in [7, 11) is 0. The van der Waals surface area contributed by atoms with Crippen molar-refractivity contribution < 1.29 is 33.4 Å². The molecule has 0 saturated heterocycles. The Morgan fingerprint density at radius 1 is 0.870 bits per heavy atom. The number of ether oxygens (including phenoxy) is 4. The van der Waals surface area contributed by atoms with E-state index in [1.165, 1.54) is 96.3 Å². The average Bonchev–Trinajstić information content (AvgIpc) is 3.52. The summed E-state index contributed by atoms with van der Waals surface area (Å²) in [5, 5.41) is 8.77. The summed E-state index contributed by atoms with van der Waals surface area (Å²) >= 11 is 0. The molecule has 0 bridgehead atoms. The first-order valence-electron chi connectivity index (χ1n) is 18.1. The van der Waals surface area contributed by atoms with Gasteiger partial charge in [-0.1, -0.05) is 96.3 Å². The van der Waals surface area contributed by atoms with Crippen LogP contribution in [0, 0.1) is 5.92 Å². The summed E-state index contributed by atoms with van der Waals surface area (Å²) in [5.74, 6) is 0.262. The van der Waals surface area contributed by atoms with Crippen molar-refractivity contribution >= 4 is 12.2 Å². The number of rotatable bonds is 28. The molecule has 0 amide bonds. The third kappa shape index (κ3) is 19.2. The quantitative estimate of drug-likeness (QED) is 0.0775. The van der Waals surface area contributed by atoms with Gasteiger partial charge in [-0.15, -0.1) is 0 Å². The Morgan fingerprint density at radius 2 is 1.52 bits per heavy atom. The van der Waals surface area contributed by atoms with E-state index in [0.29, 0.717) is 52.1 Å². The molecule has 1 aromatic heterocycles. The molecular formula is C36H61N4O6+. The van der Waals surface area contributed by atoms with Crippen LogP contribution >= 0.6 is 0 Å². The second kappa shape index (κ2) is 25.5. The van der Waals surface area contributed by atoms with Gasteiger partial charge in [-0.05, 0) is 18.4 Å². The molecule has 1 aliphatic heterocycles. The first-order valence-corrected chi connectivity index (χ1v) is 18.1. The number of aromatic nitrogens is 2. The highest BCUT2D eigenvalue weighted by Crippen LogP contribution is 2.28. The fourth-order valence-corrected chi connectivity index (χ4v) is 6.07. The van der Waals surface area contributed by atoms with E-state index in [2.05, 4.69) is 14.9 Å². The largest absolute Gasteiger partial charge is 0.481 e. The summed E-state index contributed by atoms with van der Waals surface area (Å²) in [6.45, 7) is 4.52. The van der Waals surface area contributed by atoms with Crippen LogP contribution in [0.15, 0.2) is 30.9 Å². The molecule has 3 rings (SSSR count). The van der Waals surface area contributed by atoms with Crippen molar-refractivity contribution in [2.24, 2.45) is 5.92 Å². The Balaban J connectivity index is 1.14. The van der Waals surface area contributed by atoms with Gasteiger partial charge in [-0.2, -0.15) is 4.58 Å². The maximum absolute atomic E-state index is 10.7. The number of carboxylic acids is 1. The van der Waals surface area contributed by atoms with Gasteiger partial charge in [-0.25, -0.2) is 9.97 Å². The van der Waals surface area contributed by atoms with Gasteiger partial charge in [0.2, 0.25) is 6.67 Å². The SMILES string of the molecule is O=C(O)CCC=[N+]1C=CN(CCOCCOCC(COCCCCCCCCCCCCC2CCCCC2)Oc2ncccn2)C1. The molecule has 2 heterocycles. The molecule has 1 aliphatic carbocycles. The Morgan fingerprint density at radius 3 is 2.24 bits per heavy atom. The standard InChI is InChI=1S/C36H60N4O6/c41-35(42)19-14-22-39-23-24-40(32-39)25-27-43-28-29-45-31-34(46-36-37-20-15-21-38-36)30-44-26-13-8-6-4-2-1-3-5-7-10-16-33-17-11-9-12-18-33/h15,20-24,33-34H,1-14,16-19,25-32H2/p+1. The predicted octanol–water partition coefficient (Wildman–Crippen LogP) is 6.84. The molecule has 1 unspecified atom stereocenters. The van der Waals surface area contributed by atoms with Gasteiger partial charge in [0.05, 0.1) is 45.7 Å². The van der Waals surface area contributed by atoms with Crippen molar-refractivity contribution in [2.45, 2.75) is 122 Å². The van der Waals surface area contributed by atoms with Gasteiger partial charge in [0.15, 0.2) is 6.20 Å². The number of nitrogens with zero attached hydrogens (tertiary/aromatic N) is 4. The highest BCUT2D eigenvalue weighted by atomic mass is 16.6. The van der Waals surface area contributed by atoms with Crippen LogP contribution in [-0.4, -0.2) is 95.7 Å². The third-order valence-corrected chi connectivity index (χ3v) is 8.73. The fraction of sp³-hybridized carbons (Fsp3) is 0.778. The number of carbonyl (C=O) groups is 1. The molecule has 1 atom stereocenters. The van der Waals surface area contributed by atoms with Crippen LogP contribution in [0.4, 0.5) is 0 Å². The van der Waals surface area contributed by atoms with E-state index in [-0.39, 0.29) is 12.5 Å². The molecule has 0 spiro atoms. The molecule has 2 aliphatic rings. The van der Waals surface area contributed by atoms with Crippen LogP contribution in [0.1, 0.15) is 116 Å². The normalized spacial score (nSPS) is 16.8. The topological polar surface area (TPSA) is 106 Å². The van der Waals surface area contributed by atoms with E-state index in [1.807, 2.05) is 23.2 Å². The van der Waals surface area contributed by atoms with E-state index < -0.39 is 5.97 Å². The lowest BCUT2D eigenvalue weighted by Gasteiger charge is -2.21. The lowest BCUT2D eigenvalue weighted by atomic mass is 9.85.